The average molecular weight is 351 g/mol. The maximum Gasteiger partial charge on any atom is 0.433 e. The Kier molecular flexibility index (Phi) is 5.10. The Morgan fingerprint density at radius 2 is 1.42 bits per heavy atom. The zero-order valence-corrected chi connectivity index (χ0v) is 11.9. The molecule has 130 valence electrons. The van der Waals surface area contributed by atoms with E-state index >= 15 is 0 Å². The van der Waals surface area contributed by atoms with Gasteiger partial charge in [-0.3, -0.25) is 0 Å². The van der Waals surface area contributed by atoms with Crippen molar-refractivity contribution in [1.82, 2.24) is 15.0 Å². The first-order valence-corrected chi connectivity index (χ1v) is 6.58. The van der Waals surface area contributed by atoms with Crippen molar-refractivity contribution in [2.75, 3.05) is 23.7 Å². The van der Waals surface area contributed by atoms with E-state index in [0.29, 0.717) is 0 Å². The third kappa shape index (κ3) is 4.96. The molecule has 2 N–H and O–H groups in total. The maximum absolute atomic E-state index is 12.5. The Hall–Kier alpha value is -2.59. The molecule has 0 saturated carbocycles. The molecule has 24 heavy (non-hydrogen) atoms. The average Bonchev–Trinajstić information content (AvgIpc) is 2.51. The number of aromatic nitrogens is 3. The Morgan fingerprint density at radius 1 is 0.792 bits per heavy atom. The zero-order valence-electron chi connectivity index (χ0n) is 11.9. The number of rotatable bonds is 5. The van der Waals surface area contributed by atoms with Crippen LogP contribution in [0, 0.1) is 0 Å². The van der Waals surface area contributed by atoms with Gasteiger partial charge in [0.25, 0.3) is 0 Å². The van der Waals surface area contributed by atoms with Crippen LogP contribution in [-0.4, -0.2) is 28.0 Å². The van der Waals surface area contributed by atoms with E-state index in [1.54, 1.807) is 0 Å². The molecule has 0 saturated heterocycles. The highest BCUT2D eigenvalue weighted by atomic mass is 19.4. The van der Waals surface area contributed by atoms with Gasteiger partial charge in [-0.05, 0) is 18.2 Å². The summed E-state index contributed by atoms with van der Waals surface area (Å²) in [6.07, 6.45) is -8.18. The molecule has 0 amide bonds. The van der Waals surface area contributed by atoms with E-state index in [9.17, 15) is 26.3 Å². The third-order valence-electron chi connectivity index (χ3n) is 2.70. The highest BCUT2D eigenvalue weighted by Crippen LogP contribution is 2.28. The summed E-state index contributed by atoms with van der Waals surface area (Å²) in [6, 6.07) is 4.10. The van der Waals surface area contributed by atoms with Crippen LogP contribution in [0.15, 0.2) is 30.5 Å². The van der Waals surface area contributed by atoms with Crippen molar-refractivity contribution in [3.8, 4) is 0 Å². The smallest absolute Gasteiger partial charge is 0.368 e. The van der Waals surface area contributed by atoms with Gasteiger partial charge >= 0.3 is 12.4 Å². The van der Waals surface area contributed by atoms with Crippen LogP contribution in [0.1, 0.15) is 11.4 Å². The van der Waals surface area contributed by atoms with Crippen molar-refractivity contribution in [3.63, 3.8) is 0 Å². The minimum absolute atomic E-state index is 0.00316. The normalized spacial score (nSPS) is 12.1. The first-order valence-electron chi connectivity index (χ1n) is 6.58. The summed E-state index contributed by atoms with van der Waals surface area (Å²) in [5.41, 5.74) is -2.13. The molecule has 0 aromatic carbocycles. The van der Waals surface area contributed by atoms with E-state index < -0.39 is 23.7 Å². The van der Waals surface area contributed by atoms with Crippen LogP contribution in [-0.2, 0) is 12.4 Å². The van der Waals surface area contributed by atoms with Crippen molar-refractivity contribution in [3.05, 3.63) is 41.9 Å². The first-order chi connectivity index (χ1) is 11.2. The number of anilines is 2. The summed E-state index contributed by atoms with van der Waals surface area (Å²) in [7, 11) is 0. The van der Waals surface area contributed by atoms with Crippen LogP contribution >= 0.6 is 0 Å². The largest absolute Gasteiger partial charge is 0.433 e. The quantitative estimate of drug-likeness (QED) is 0.638. The minimum Gasteiger partial charge on any atom is -0.368 e. The molecule has 0 radical (unpaired) electrons. The molecule has 0 fully saturated rings. The zero-order chi connectivity index (χ0) is 17.8. The van der Waals surface area contributed by atoms with Crippen LogP contribution in [0.5, 0.6) is 0 Å². The first kappa shape index (κ1) is 17.8. The number of hydrogen-bond acceptors (Lipinski definition) is 5. The summed E-state index contributed by atoms with van der Waals surface area (Å²) in [5.74, 6) is -0.236. The van der Waals surface area contributed by atoms with Gasteiger partial charge in [0.1, 0.15) is 17.2 Å². The second kappa shape index (κ2) is 6.89. The van der Waals surface area contributed by atoms with Gasteiger partial charge in [-0.25, -0.2) is 15.0 Å². The molecular weight excluding hydrogens is 340 g/mol. The lowest BCUT2D eigenvalue weighted by molar-refractivity contribution is -0.141. The topological polar surface area (TPSA) is 62.7 Å². The van der Waals surface area contributed by atoms with Gasteiger partial charge in [-0.2, -0.15) is 26.3 Å². The standard InChI is InChI=1S/C13H11F6N5/c14-12(15,16)8-2-1-3-10(23-8)20-6-7-22-11-21-5-4-9(24-11)13(17,18)19/h1-5H,6-7H2,(H,20,23)(H,21,22,24). The maximum atomic E-state index is 12.5. The van der Waals surface area contributed by atoms with Gasteiger partial charge in [0.2, 0.25) is 5.95 Å². The molecule has 2 rings (SSSR count). The fraction of sp³-hybridized carbons (Fsp3) is 0.308. The molecule has 11 heteroatoms. The second-order valence-electron chi connectivity index (χ2n) is 4.52. The molecule has 2 aromatic heterocycles. The van der Waals surface area contributed by atoms with Crippen molar-refractivity contribution in [2.24, 2.45) is 0 Å². The van der Waals surface area contributed by atoms with Crippen LogP contribution in [0.4, 0.5) is 38.1 Å². The number of pyridine rings is 1. The number of nitrogens with zero attached hydrogens (tertiary/aromatic N) is 3. The van der Waals surface area contributed by atoms with E-state index in [-0.39, 0.29) is 24.9 Å². The summed E-state index contributed by atoms with van der Waals surface area (Å²) >= 11 is 0. The molecule has 0 spiro atoms. The molecule has 0 atom stereocenters. The number of alkyl halides is 6. The molecule has 5 nitrogen and oxygen atoms in total. The highest BCUT2D eigenvalue weighted by molar-refractivity contribution is 5.36. The highest BCUT2D eigenvalue weighted by Gasteiger charge is 2.33. The summed E-state index contributed by atoms with van der Waals surface area (Å²) in [4.78, 5) is 10.3. The Labute approximate surface area is 132 Å². The van der Waals surface area contributed by atoms with Crippen LogP contribution < -0.4 is 10.6 Å². The van der Waals surface area contributed by atoms with Gasteiger partial charge in [-0.1, -0.05) is 6.07 Å². The third-order valence-corrected chi connectivity index (χ3v) is 2.70. The molecule has 0 aliphatic carbocycles. The SMILES string of the molecule is FC(F)(F)c1cccc(NCCNc2nccc(C(F)(F)F)n2)n1. The number of nitrogens with one attached hydrogen (secondary N) is 2. The monoisotopic (exact) mass is 351 g/mol. The summed E-state index contributed by atoms with van der Waals surface area (Å²) in [6.45, 7) is 0.188. The van der Waals surface area contributed by atoms with Crippen LogP contribution in [0.3, 0.4) is 0 Å². The predicted molar refractivity (Wildman–Crippen MR) is 73.3 cm³/mol. The lowest BCUT2D eigenvalue weighted by Crippen LogP contribution is -2.18. The number of halogens is 6. The fourth-order valence-electron chi connectivity index (χ4n) is 1.66. The Bertz CT molecular complexity index is 626. The van der Waals surface area contributed by atoms with E-state index in [1.165, 1.54) is 12.1 Å². The van der Waals surface area contributed by atoms with Crippen LogP contribution in [0.2, 0.25) is 0 Å². The van der Waals surface area contributed by atoms with E-state index in [0.717, 1.165) is 18.3 Å². The summed E-state index contributed by atoms with van der Waals surface area (Å²) in [5, 5.41) is 5.16. The molecule has 2 heterocycles. The van der Waals surface area contributed by atoms with Crippen molar-refractivity contribution in [2.45, 2.75) is 12.4 Å². The van der Waals surface area contributed by atoms with Crippen molar-refractivity contribution < 1.29 is 26.3 Å². The van der Waals surface area contributed by atoms with Gasteiger partial charge in [0, 0.05) is 19.3 Å². The molecule has 0 bridgehead atoms. The minimum atomic E-state index is -4.58. The fourth-order valence-corrected chi connectivity index (χ4v) is 1.66. The Balaban J connectivity index is 1.88. The molecule has 0 aliphatic rings. The molecular formula is C13H11F6N5. The summed E-state index contributed by atoms with van der Waals surface area (Å²) < 4.78 is 74.9. The molecule has 0 aliphatic heterocycles. The van der Waals surface area contributed by atoms with Gasteiger partial charge in [-0.15, -0.1) is 0 Å². The van der Waals surface area contributed by atoms with E-state index in [4.69, 9.17) is 0 Å². The molecule has 0 unspecified atom stereocenters. The van der Waals surface area contributed by atoms with Gasteiger partial charge in [0.15, 0.2) is 0 Å². The van der Waals surface area contributed by atoms with E-state index in [2.05, 4.69) is 25.6 Å². The number of hydrogen-bond donors (Lipinski definition) is 2. The predicted octanol–water partition coefficient (Wildman–Crippen LogP) is 3.43. The van der Waals surface area contributed by atoms with Crippen LogP contribution in [0.25, 0.3) is 0 Å². The lowest BCUT2D eigenvalue weighted by Gasteiger charge is -2.11. The van der Waals surface area contributed by atoms with Gasteiger partial charge in [0.05, 0.1) is 0 Å². The molecule has 2 aromatic rings. The van der Waals surface area contributed by atoms with Crippen molar-refractivity contribution in [1.29, 1.82) is 0 Å². The van der Waals surface area contributed by atoms with Crippen molar-refractivity contribution >= 4 is 11.8 Å². The Morgan fingerprint density at radius 3 is 2.08 bits per heavy atom. The van der Waals surface area contributed by atoms with E-state index in [1.807, 2.05) is 0 Å². The van der Waals surface area contributed by atoms with Gasteiger partial charge < -0.3 is 10.6 Å². The second-order valence-corrected chi connectivity index (χ2v) is 4.52. The lowest BCUT2D eigenvalue weighted by atomic mass is 10.3.